The van der Waals surface area contributed by atoms with Gasteiger partial charge in [-0.2, -0.15) is 0 Å². The first-order chi connectivity index (χ1) is 9.50. The number of carbonyl (C=O) groups is 1. The van der Waals surface area contributed by atoms with E-state index in [-0.39, 0.29) is 10.5 Å². The number of nitrogens with one attached hydrogen (secondary N) is 1. The molecule has 21 heavy (non-hydrogen) atoms. The average Bonchev–Trinajstić information content (AvgIpc) is 2.30. The lowest BCUT2D eigenvalue weighted by molar-refractivity contribution is 0.0691. The minimum absolute atomic E-state index is 0.0245. The Morgan fingerprint density at radius 1 is 1.38 bits per heavy atom. The van der Waals surface area contributed by atoms with Gasteiger partial charge in [-0.05, 0) is 44.9 Å². The Hall–Kier alpha value is -1.47. The van der Waals surface area contributed by atoms with Crippen LogP contribution in [0.2, 0.25) is 0 Å². The van der Waals surface area contributed by atoms with Gasteiger partial charge in [0.25, 0.3) is 0 Å². The van der Waals surface area contributed by atoms with Gasteiger partial charge in [0.2, 0.25) is 10.0 Å². The fourth-order valence-electron chi connectivity index (χ4n) is 2.15. The normalized spacial score (nSPS) is 12.4. The van der Waals surface area contributed by atoms with Gasteiger partial charge in [-0.3, -0.25) is 0 Å². The van der Waals surface area contributed by atoms with E-state index in [1.807, 2.05) is 6.92 Å². The smallest absolute Gasteiger partial charge is 0.338 e. The van der Waals surface area contributed by atoms with Gasteiger partial charge >= 0.3 is 5.97 Å². The number of aromatic carboxylic acids is 1. The topological polar surface area (TPSA) is 83.5 Å². The average molecular weight is 317 g/mol. The number of aryl methyl sites for hydroxylation is 1. The highest BCUT2D eigenvalue weighted by molar-refractivity contribution is 7.89. The van der Waals surface area contributed by atoms with Crippen LogP contribution in [0.25, 0.3) is 0 Å². The van der Waals surface area contributed by atoms with Crippen LogP contribution < -0.4 is 4.72 Å². The molecule has 0 aliphatic carbocycles. The molecule has 1 rings (SSSR count). The zero-order valence-corrected chi connectivity index (χ0v) is 13.3. The van der Waals surface area contributed by atoms with Crippen molar-refractivity contribution in [3.8, 4) is 0 Å². The van der Waals surface area contributed by atoms with Crippen LogP contribution in [0.3, 0.4) is 0 Å². The lowest BCUT2D eigenvalue weighted by Crippen LogP contribution is -2.43. The van der Waals surface area contributed by atoms with Crippen LogP contribution in [0, 0.1) is 12.7 Å². The lowest BCUT2D eigenvalue weighted by atomic mass is 10.0. The van der Waals surface area contributed by atoms with Crippen LogP contribution in [0.4, 0.5) is 4.39 Å². The summed E-state index contributed by atoms with van der Waals surface area (Å²) in [5.41, 5.74) is -1.34. The number of halogens is 1. The molecule has 0 aliphatic heterocycles. The van der Waals surface area contributed by atoms with E-state index in [4.69, 9.17) is 5.11 Å². The fourth-order valence-corrected chi connectivity index (χ4v) is 3.70. The van der Waals surface area contributed by atoms with Crippen molar-refractivity contribution in [2.75, 3.05) is 0 Å². The number of rotatable bonds is 6. The molecular formula is C14H20FNO4S. The summed E-state index contributed by atoms with van der Waals surface area (Å²) in [7, 11) is -3.92. The maximum absolute atomic E-state index is 13.7. The molecule has 0 fully saturated rings. The van der Waals surface area contributed by atoms with Crippen LogP contribution in [0.1, 0.15) is 49.5 Å². The Morgan fingerprint density at radius 2 is 1.95 bits per heavy atom. The van der Waals surface area contributed by atoms with E-state index in [0.717, 1.165) is 18.6 Å². The van der Waals surface area contributed by atoms with E-state index in [1.54, 1.807) is 13.8 Å². The summed E-state index contributed by atoms with van der Waals surface area (Å²) in [5, 5.41) is 8.94. The van der Waals surface area contributed by atoms with Gasteiger partial charge in [0.05, 0.1) is 10.5 Å². The van der Waals surface area contributed by atoms with Crippen molar-refractivity contribution in [2.45, 2.75) is 51.0 Å². The molecule has 0 amide bonds. The second kappa shape index (κ2) is 6.11. The molecule has 1 aromatic carbocycles. The first-order valence-corrected chi connectivity index (χ1v) is 8.06. The van der Waals surface area contributed by atoms with E-state index < -0.39 is 32.9 Å². The Kier molecular flexibility index (Phi) is 5.11. The third kappa shape index (κ3) is 4.25. The van der Waals surface area contributed by atoms with Gasteiger partial charge in [-0.15, -0.1) is 0 Å². The number of hydrogen-bond donors (Lipinski definition) is 2. The molecular weight excluding hydrogens is 297 g/mol. The van der Waals surface area contributed by atoms with Crippen molar-refractivity contribution < 1.29 is 22.7 Å². The van der Waals surface area contributed by atoms with E-state index in [0.29, 0.717) is 6.42 Å². The molecule has 0 aliphatic rings. The highest BCUT2D eigenvalue weighted by Crippen LogP contribution is 2.22. The zero-order chi connectivity index (χ0) is 16.4. The third-order valence-corrected chi connectivity index (χ3v) is 4.73. The van der Waals surface area contributed by atoms with Crippen LogP contribution in [0.15, 0.2) is 17.0 Å². The molecule has 0 saturated carbocycles. The highest BCUT2D eigenvalue weighted by Gasteiger charge is 2.27. The summed E-state index contributed by atoms with van der Waals surface area (Å²) in [6.07, 6.45) is 1.41. The van der Waals surface area contributed by atoms with Crippen molar-refractivity contribution in [2.24, 2.45) is 0 Å². The van der Waals surface area contributed by atoms with Gasteiger partial charge in [-0.25, -0.2) is 22.3 Å². The summed E-state index contributed by atoms with van der Waals surface area (Å²) >= 11 is 0. The summed E-state index contributed by atoms with van der Waals surface area (Å²) < 4.78 is 40.9. The molecule has 7 heteroatoms. The minimum Gasteiger partial charge on any atom is -0.478 e. The van der Waals surface area contributed by atoms with Crippen molar-refractivity contribution >= 4 is 16.0 Å². The van der Waals surface area contributed by atoms with E-state index in [9.17, 15) is 17.6 Å². The first kappa shape index (κ1) is 17.6. The molecule has 0 bridgehead atoms. The second-order valence-electron chi connectivity index (χ2n) is 5.65. The van der Waals surface area contributed by atoms with Crippen molar-refractivity contribution in [3.05, 3.63) is 29.1 Å². The molecule has 0 atom stereocenters. The van der Waals surface area contributed by atoms with Crippen molar-refractivity contribution in [3.63, 3.8) is 0 Å². The van der Waals surface area contributed by atoms with Crippen molar-refractivity contribution in [1.82, 2.24) is 4.72 Å². The molecule has 118 valence electrons. The van der Waals surface area contributed by atoms with Crippen LogP contribution in [-0.2, 0) is 10.0 Å². The van der Waals surface area contributed by atoms with Gasteiger partial charge in [-0.1, -0.05) is 13.3 Å². The zero-order valence-electron chi connectivity index (χ0n) is 12.5. The maximum atomic E-state index is 13.7. The number of benzene rings is 1. The Labute approximate surface area is 124 Å². The lowest BCUT2D eigenvalue weighted by Gasteiger charge is -2.25. The standard InChI is InChI=1S/C14H20FNO4S/c1-5-6-14(3,4)16-21(19,20)10-7-9(2)12(15)11(8-10)13(17)18/h7-8,16H,5-6H2,1-4H3,(H,17,18). The predicted molar refractivity (Wildman–Crippen MR) is 77.4 cm³/mol. The highest BCUT2D eigenvalue weighted by atomic mass is 32.2. The van der Waals surface area contributed by atoms with Crippen LogP contribution in [0.5, 0.6) is 0 Å². The van der Waals surface area contributed by atoms with E-state index in [2.05, 4.69) is 4.72 Å². The predicted octanol–water partition coefficient (Wildman–Crippen LogP) is 2.69. The monoisotopic (exact) mass is 317 g/mol. The first-order valence-electron chi connectivity index (χ1n) is 6.57. The van der Waals surface area contributed by atoms with Crippen LogP contribution >= 0.6 is 0 Å². The summed E-state index contributed by atoms with van der Waals surface area (Å²) in [6.45, 7) is 6.74. The quantitative estimate of drug-likeness (QED) is 0.845. The largest absolute Gasteiger partial charge is 0.478 e. The summed E-state index contributed by atoms with van der Waals surface area (Å²) in [6, 6.07) is 1.97. The Bertz CT molecular complexity index is 653. The molecule has 2 N–H and O–H groups in total. The third-order valence-electron chi connectivity index (χ3n) is 3.05. The number of hydrogen-bond acceptors (Lipinski definition) is 3. The molecule has 5 nitrogen and oxygen atoms in total. The number of carboxylic acids is 1. The van der Waals surface area contributed by atoms with Gasteiger partial charge < -0.3 is 5.11 Å². The SMILES string of the molecule is CCCC(C)(C)NS(=O)(=O)c1cc(C)c(F)c(C(=O)O)c1. The molecule has 0 aromatic heterocycles. The van der Waals surface area contributed by atoms with Crippen molar-refractivity contribution in [1.29, 1.82) is 0 Å². The molecule has 0 radical (unpaired) electrons. The summed E-state index contributed by atoms with van der Waals surface area (Å²) in [5.74, 6) is -2.42. The maximum Gasteiger partial charge on any atom is 0.338 e. The Balaban J connectivity index is 3.30. The molecule has 0 unspecified atom stereocenters. The minimum atomic E-state index is -3.92. The van der Waals surface area contributed by atoms with E-state index in [1.165, 1.54) is 6.92 Å². The van der Waals surface area contributed by atoms with E-state index >= 15 is 0 Å². The molecule has 1 aromatic rings. The van der Waals surface area contributed by atoms with Crippen LogP contribution in [-0.4, -0.2) is 25.0 Å². The number of sulfonamides is 1. The summed E-state index contributed by atoms with van der Waals surface area (Å²) in [4.78, 5) is 10.7. The number of carboxylic acid groups (broad SMARTS) is 1. The molecule has 0 saturated heterocycles. The van der Waals surface area contributed by atoms with Gasteiger partial charge in [0.1, 0.15) is 5.82 Å². The van der Waals surface area contributed by atoms with Gasteiger partial charge in [0.15, 0.2) is 0 Å². The fraction of sp³-hybridized carbons (Fsp3) is 0.500. The second-order valence-corrected chi connectivity index (χ2v) is 7.33. The Morgan fingerprint density at radius 3 is 2.43 bits per heavy atom. The van der Waals surface area contributed by atoms with Gasteiger partial charge in [0, 0.05) is 5.54 Å². The molecule has 0 spiro atoms. The molecule has 0 heterocycles.